The van der Waals surface area contributed by atoms with Crippen molar-refractivity contribution < 1.29 is 16.6 Å². The first-order chi connectivity index (χ1) is 16.1. The van der Waals surface area contributed by atoms with Gasteiger partial charge in [-0.3, -0.25) is 0 Å². The van der Waals surface area contributed by atoms with E-state index in [9.17, 15) is 0 Å². The number of hydrogen-bond acceptors (Lipinski definition) is 0. The monoisotopic (exact) mass is 484 g/mol. The van der Waals surface area contributed by atoms with E-state index in [0.717, 1.165) is 0 Å². The van der Waals surface area contributed by atoms with Gasteiger partial charge in [0.25, 0.3) is 0 Å². The van der Waals surface area contributed by atoms with Crippen LogP contribution in [-0.4, -0.2) is 0 Å². The van der Waals surface area contributed by atoms with E-state index in [1.165, 1.54) is 27.0 Å². The van der Waals surface area contributed by atoms with Crippen LogP contribution < -0.4 is 0 Å². The molecule has 0 N–H and O–H groups in total. The molecule has 0 amide bonds. The molecule has 0 radical (unpaired) electrons. The Morgan fingerprint density at radius 1 is 0.559 bits per heavy atom. The molecule has 2 aromatic rings. The van der Waals surface area contributed by atoms with Crippen LogP contribution in [0.5, 0.6) is 0 Å². The molecular weight excluding hydrogens is 444 g/mol. The summed E-state index contributed by atoms with van der Waals surface area (Å²) in [5.41, 5.74) is 13.0. The Kier molecular flexibility index (Phi) is 5.66. The van der Waals surface area contributed by atoms with Gasteiger partial charge in [-0.15, -0.1) is 0 Å². The van der Waals surface area contributed by atoms with Gasteiger partial charge in [-0.25, -0.2) is 0 Å². The topological polar surface area (TPSA) is 0 Å². The van der Waals surface area contributed by atoms with Crippen LogP contribution in [0.15, 0.2) is 102 Å². The molecule has 0 spiro atoms. The number of benzene rings is 2. The molecule has 2 atom stereocenters. The van der Waals surface area contributed by atoms with Crippen LogP contribution in [-0.2, 0) is 26.0 Å². The predicted molar refractivity (Wildman–Crippen MR) is 143 cm³/mol. The van der Waals surface area contributed by atoms with Crippen LogP contribution in [0.1, 0.15) is 72.9 Å². The van der Waals surface area contributed by atoms with Gasteiger partial charge in [0.05, 0.1) is 0 Å². The summed E-state index contributed by atoms with van der Waals surface area (Å²) in [4.78, 5) is 0. The van der Waals surface area contributed by atoms with Crippen molar-refractivity contribution in [2.75, 3.05) is 0 Å². The first-order valence-electron chi connectivity index (χ1n) is 12.9. The fourth-order valence-corrected chi connectivity index (χ4v) is 19.9. The van der Waals surface area contributed by atoms with Crippen molar-refractivity contribution in [1.82, 2.24) is 0 Å². The maximum absolute atomic E-state index is 2.94. The molecule has 1 fully saturated rings. The molecule has 1 aliphatic heterocycles. The standard InChI is InChI=1S/C19H26.2C7H7.Ti/c1-12-9-18(7,16(5)14(12)3)11-19(8)10-13(2)15(4)17(19)6;2*1-7-5-3-2-4-6-7;/h11H2,1-8H3;2*2-6H,1H2;. The molecule has 34 heavy (non-hydrogen) atoms. The summed E-state index contributed by atoms with van der Waals surface area (Å²) in [6, 6.07) is 22.8. The Balaban J connectivity index is 1.88. The van der Waals surface area contributed by atoms with E-state index in [4.69, 9.17) is 0 Å². The van der Waals surface area contributed by atoms with E-state index < -0.39 is 16.6 Å². The minimum atomic E-state index is -2.94. The quantitative estimate of drug-likeness (QED) is 0.380. The van der Waals surface area contributed by atoms with E-state index >= 15 is 0 Å². The molecule has 2 unspecified atom stereocenters. The summed E-state index contributed by atoms with van der Waals surface area (Å²) in [6.07, 6.45) is 1.22. The van der Waals surface area contributed by atoms with Crippen molar-refractivity contribution in [2.24, 2.45) is 10.8 Å². The molecule has 1 saturated heterocycles. The van der Waals surface area contributed by atoms with Gasteiger partial charge in [0.1, 0.15) is 0 Å². The first-order valence-corrected chi connectivity index (χ1v) is 16.7. The van der Waals surface area contributed by atoms with Crippen molar-refractivity contribution >= 4 is 0 Å². The summed E-state index contributed by atoms with van der Waals surface area (Å²) in [5.74, 6) is 0. The number of rotatable bonds is 4. The molecule has 0 nitrogen and oxygen atoms in total. The van der Waals surface area contributed by atoms with E-state index in [2.05, 4.69) is 116 Å². The molecule has 0 aromatic heterocycles. The third kappa shape index (κ3) is 3.14. The molecule has 3 aliphatic rings. The van der Waals surface area contributed by atoms with Gasteiger partial charge in [-0.2, -0.15) is 0 Å². The molecule has 1 heterocycles. The van der Waals surface area contributed by atoms with Crippen LogP contribution in [0.4, 0.5) is 0 Å². The fourth-order valence-electron chi connectivity index (χ4n) is 8.32. The summed E-state index contributed by atoms with van der Waals surface area (Å²) >= 11 is -2.94. The Hall–Kier alpha value is -1.89. The second kappa shape index (κ2) is 8.07. The predicted octanol–water partition coefficient (Wildman–Crippen LogP) is 9.21. The van der Waals surface area contributed by atoms with Crippen LogP contribution in [0.2, 0.25) is 0 Å². The molecule has 2 aliphatic carbocycles. The Morgan fingerprint density at radius 3 is 1.26 bits per heavy atom. The minimum absolute atomic E-state index is 0.169. The van der Waals surface area contributed by atoms with Crippen molar-refractivity contribution in [3.8, 4) is 0 Å². The normalized spacial score (nSPS) is 28.1. The van der Waals surface area contributed by atoms with Crippen LogP contribution in [0, 0.1) is 10.8 Å². The SMILES string of the molecule is CC1=C(C)C2(C)CC3(C)C(C)=C(C)C(C)=[C]3[Ti]([CH2]c3ccccc3)([CH2]c3ccccc3)[C]2=C1C. The van der Waals surface area contributed by atoms with Crippen molar-refractivity contribution in [3.63, 3.8) is 0 Å². The number of hydrogen-bond donors (Lipinski definition) is 0. The Bertz CT molecular complexity index is 1180. The van der Waals surface area contributed by atoms with Gasteiger partial charge in [0.2, 0.25) is 0 Å². The average Bonchev–Trinajstić information content (AvgIpc) is 3.09. The molecule has 0 bridgehead atoms. The van der Waals surface area contributed by atoms with Crippen molar-refractivity contribution in [2.45, 2.75) is 71.3 Å². The summed E-state index contributed by atoms with van der Waals surface area (Å²) in [6.45, 7) is 19.8. The van der Waals surface area contributed by atoms with E-state index in [0.29, 0.717) is 0 Å². The van der Waals surface area contributed by atoms with Gasteiger partial charge in [-0.1, -0.05) is 0 Å². The zero-order valence-electron chi connectivity index (χ0n) is 22.4. The third-order valence-electron chi connectivity index (χ3n) is 10.1. The van der Waals surface area contributed by atoms with E-state index in [1.54, 1.807) is 33.4 Å². The average molecular weight is 485 g/mol. The van der Waals surface area contributed by atoms with Gasteiger partial charge < -0.3 is 0 Å². The van der Waals surface area contributed by atoms with Crippen molar-refractivity contribution in [1.29, 1.82) is 0 Å². The number of allylic oxidation sites excluding steroid dienone is 8. The van der Waals surface area contributed by atoms with Crippen molar-refractivity contribution in [3.05, 3.63) is 113 Å². The molecule has 176 valence electrons. The first kappa shape index (κ1) is 23.8. The third-order valence-corrected chi connectivity index (χ3v) is 19.2. The van der Waals surface area contributed by atoms with E-state index in [-0.39, 0.29) is 10.8 Å². The van der Waals surface area contributed by atoms with E-state index in [1.807, 2.05) is 7.76 Å². The summed E-state index contributed by atoms with van der Waals surface area (Å²) in [5, 5.41) is 0. The van der Waals surface area contributed by atoms with Gasteiger partial charge in [0.15, 0.2) is 0 Å². The molecule has 0 saturated carbocycles. The fraction of sp³-hybridized carbons (Fsp3) is 0.394. The molecule has 2 aromatic carbocycles. The van der Waals surface area contributed by atoms with Gasteiger partial charge in [0, 0.05) is 0 Å². The Morgan fingerprint density at radius 2 is 0.912 bits per heavy atom. The molecule has 5 rings (SSSR count). The summed E-state index contributed by atoms with van der Waals surface area (Å²) < 4.78 is 6.23. The van der Waals surface area contributed by atoms with Crippen LogP contribution in [0.25, 0.3) is 0 Å². The zero-order valence-corrected chi connectivity index (χ0v) is 24.0. The maximum atomic E-state index is 2.60. The second-order valence-corrected chi connectivity index (χ2v) is 17.8. The van der Waals surface area contributed by atoms with Crippen LogP contribution in [0.3, 0.4) is 0 Å². The second-order valence-electron chi connectivity index (χ2n) is 11.7. The zero-order chi connectivity index (χ0) is 24.5. The summed E-state index contributed by atoms with van der Waals surface area (Å²) in [7, 11) is 0. The van der Waals surface area contributed by atoms with Gasteiger partial charge >= 0.3 is 212 Å². The molecule has 1 heteroatoms. The number of fused-ring (bicyclic) bond motifs is 2. The molecular formula is C33H40Ti. The Labute approximate surface area is 210 Å². The van der Waals surface area contributed by atoms with Crippen LogP contribution >= 0.6 is 0 Å². The van der Waals surface area contributed by atoms with Gasteiger partial charge in [-0.05, 0) is 0 Å².